The molecule has 1 amide bonds. The maximum absolute atomic E-state index is 12.4. The third kappa shape index (κ3) is 4.73. The molecule has 5 nitrogen and oxygen atoms in total. The van der Waals surface area contributed by atoms with Crippen LogP contribution in [-0.4, -0.2) is 32.7 Å². The first-order valence-corrected chi connectivity index (χ1v) is 10.8. The lowest BCUT2D eigenvalue weighted by Crippen LogP contribution is -2.14. The lowest BCUT2D eigenvalue weighted by molar-refractivity contribution is -0.113. The highest BCUT2D eigenvalue weighted by Gasteiger charge is 2.15. The van der Waals surface area contributed by atoms with Gasteiger partial charge in [0.25, 0.3) is 0 Å². The number of hydrogen-bond acceptors (Lipinski definition) is 5. The standard InChI is InChI=1S/C20H22N4OS2/c1-13-8-9-14(2)18(10-13)24-15(3)22-23-20(24)27-12-19(25)21-16-6-5-7-17(11-16)26-4/h5-11H,12H2,1-4H3,(H,21,25). The monoisotopic (exact) mass is 398 g/mol. The van der Waals surface area contributed by atoms with Crippen LogP contribution in [0.4, 0.5) is 5.69 Å². The second-order valence-corrected chi connectivity index (χ2v) is 8.05. The van der Waals surface area contributed by atoms with Crippen LogP contribution in [-0.2, 0) is 4.79 Å². The molecule has 0 radical (unpaired) electrons. The highest BCUT2D eigenvalue weighted by Crippen LogP contribution is 2.25. The molecule has 0 saturated heterocycles. The summed E-state index contributed by atoms with van der Waals surface area (Å²) in [6.45, 7) is 6.05. The number of benzene rings is 2. The summed E-state index contributed by atoms with van der Waals surface area (Å²) in [6.07, 6.45) is 2.01. The van der Waals surface area contributed by atoms with Gasteiger partial charge in [0.1, 0.15) is 5.82 Å². The Labute approximate surface area is 168 Å². The molecule has 140 valence electrons. The SMILES string of the molecule is CSc1cccc(NC(=O)CSc2nnc(C)n2-c2cc(C)ccc2C)c1. The number of anilines is 1. The molecule has 0 aliphatic rings. The Morgan fingerprint density at radius 2 is 1.93 bits per heavy atom. The molecule has 0 saturated carbocycles. The molecule has 0 fully saturated rings. The summed E-state index contributed by atoms with van der Waals surface area (Å²) in [5.74, 6) is 1.01. The molecule has 1 N–H and O–H groups in total. The zero-order valence-corrected chi connectivity index (χ0v) is 17.4. The van der Waals surface area contributed by atoms with Crippen molar-refractivity contribution in [2.75, 3.05) is 17.3 Å². The number of nitrogens with zero attached hydrogens (tertiary/aromatic N) is 3. The molecule has 27 heavy (non-hydrogen) atoms. The zero-order chi connectivity index (χ0) is 19.4. The minimum Gasteiger partial charge on any atom is -0.325 e. The van der Waals surface area contributed by atoms with Gasteiger partial charge >= 0.3 is 0 Å². The van der Waals surface area contributed by atoms with Crippen molar-refractivity contribution >= 4 is 35.1 Å². The minimum atomic E-state index is -0.0635. The second kappa shape index (κ2) is 8.63. The number of rotatable bonds is 6. The fraction of sp³-hybridized carbons (Fsp3) is 0.250. The van der Waals surface area contributed by atoms with E-state index in [2.05, 4.69) is 47.6 Å². The van der Waals surface area contributed by atoms with Crippen LogP contribution in [0.2, 0.25) is 0 Å². The van der Waals surface area contributed by atoms with E-state index in [1.807, 2.05) is 42.0 Å². The van der Waals surface area contributed by atoms with Crippen molar-refractivity contribution < 1.29 is 4.79 Å². The average Bonchev–Trinajstić information content (AvgIpc) is 3.02. The van der Waals surface area contributed by atoms with E-state index in [0.717, 1.165) is 27.7 Å². The van der Waals surface area contributed by atoms with Crippen molar-refractivity contribution in [1.82, 2.24) is 14.8 Å². The lowest BCUT2D eigenvalue weighted by Gasteiger charge is -2.12. The fourth-order valence-electron chi connectivity index (χ4n) is 2.70. The Bertz CT molecular complexity index is 968. The van der Waals surface area contributed by atoms with Gasteiger partial charge in [0.05, 0.1) is 11.4 Å². The predicted molar refractivity (Wildman–Crippen MR) is 113 cm³/mol. The predicted octanol–water partition coefficient (Wildman–Crippen LogP) is 4.65. The Morgan fingerprint density at radius 3 is 2.70 bits per heavy atom. The summed E-state index contributed by atoms with van der Waals surface area (Å²) >= 11 is 3.03. The smallest absolute Gasteiger partial charge is 0.234 e. The van der Waals surface area contributed by atoms with E-state index in [9.17, 15) is 4.79 Å². The van der Waals surface area contributed by atoms with E-state index in [1.54, 1.807) is 11.8 Å². The Morgan fingerprint density at radius 1 is 1.11 bits per heavy atom. The summed E-state index contributed by atoms with van der Waals surface area (Å²) < 4.78 is 2.01. The van der Waals surface area contributed by atoms with Crippen molar-refractivity contribution in [2.45, 2.75) is 30.8 Å². The largest absolute Gasteiger partial charge is 0.325 e. The second-order valence-electron chi connectivity index (χ2n) is 6.22. The van der Waals surface area contributed by atoms with E-state index < -0.39 is 0 Å². The van der Waals surface area contributed by atoms with Crippen LogP contribution < -0.4 is 5.32 Å². The Hall–Kier alpha value is -2.25. The van der Waals surface area contributed by atoms with Crippen molar-refractivity contribution in [1.29, 1.82) is 0 Å². The molecule has 1 heterocycles. The molecule has 3 rings (SSSR count). The van der Waals surface area contributed by atoms with Gasteiger partial charge in [-0.3, -0.25) is 9.36 Å². The number of aryl methyl sites for hydroxylation is 3. The molecular weight excluding hydrogens is 376 g/mol. The van der Waals surface area contributed by atoms with Gasteiger partial charge in [0.15, 0.2) is 5.16 Å². The molecule has 0 unspecified atom stereocenters. The topological polar surface area (TPSA) is 59.8 Å². The normalized spacial score (nSPS) is 10.8. The van der Waals surface area contributed by atoms with Gasteiger partial charge in [-0.05, 0) is 62.4 Å². The number of amides is 1. The summed E-state index contributed by atoms with van der Waals surface area (Å²) in [5.41, 5.74) is 4.17. The quantitative estimate of drug-likeness (QED) is 0.613. The first-order chi connectivity index (χ1) is 13.0. The maximum Gasteiger partial charge on any atom is 0.234 e. The summed E-state index contributed by atoms with van der Waals surface area (Å²) in [5, 5.41) is 12.1. The van der Waals surface area contributed by atoms with Crippen molar-refractivity contribution in [2.24, 2.45) is 0 Å². The average molecular weight is 399 g/mol. The number of carbonyl (C=O) groups is 1. The summed E-state index contributed by atoms with van der Waals surface area (Å²) in [4.78, 5) is 13.5. The van der Waals surface area contributed by atoms with Gasteiger partial charge in [0.2, 0.25) is 5.91 Å². The van der Waals surface area contributed by atoms with Crippen molar-refractivity contribution in [3.63, 3.8) is 0 Å². The first kappa shape index (κ1) is 19.5. The van der Waals surface area contributed by atoms with Crippen LogP contribution in [0.3, 0.4) is 0 Å². The molecular formula is C20H22N4OS2. The van der Waals surface area contributed by atoms with Crippen molar-refractivity contribution in [3.05, 3.63) is 59.4 Å². The zero-order valence-electron chi connectivity index (χ0n) is 15.8. The molecule has 0 aliphatic heterocycles. The van der Waals surface area contributed by atoms with E-state index in [-0.39, 0.29) is 11.7 Å². The molecule has 0 aliphatic carbocycles. The van der Waals surface area contributed by atoms with Gasteiger partial charge in [-0.25, -0.2) is 0 Å². The van der Waals surface area contributed by atoms with Crippen LogP contribution in [0.15, 0.2) is 52.5 Å². The molecule has 0 atom stereocenters. The van der Waals surface area contributed by atoms with E-state index in [0.29, 0.717) is 5.16 Å². The van der Waals surface area contributed by atoms with Gasteiger partial charge in [-0.15, -0.1) is 22.0 Å². The number of carbonyl (C=O) groups excluding carboxylic acids is 1. The Kier molecular flexibility index (Phi) is 6.23. The summed E-state index contributed by atoms with van der Waals surface area (Å²) in [6, 6.07) is 14.1. The Balaban J connectivity index is 1.73. The number of hydrogen-bond donors (Lipinski definition) is 1. The highest BCUT2D eigenvalue weighted by molar-refractivity contribution is 7.99. The molecule has 3 aromatic rings. The molecule has 0 bridgehead atoms. The van der Waals surface area contributed by atoms with Crippen LogP contribution in [0.1, 0.15) is 17.0 Å². The van der Waals surface area contributed by atoms with Crippen LogP contribution in [0.25, 0.3) is 5.69 Å². The van der Waals surface area contributed by atoms with Gasteiger partial charge in [0, 0.05) is 10.6 Å². The molecule has 2 aromatic carbocycles. The minimum absolute atomic E-state index is 0.0635. The number of thioether (sulfide) groups is 2. The van der Waals surface area contributed by atoms with E-state index in [4.69, 9.17) is 0 Å². The fourth-order valence-corrected chi connectivity index (χ4v) is 3.95. The molecule has 1 aromatic heterocycles. The van der Waals surface area contributed by atoms with Crippen molar-refractivity contribution in [3.8, 4) is 5.69 Å². The van der Waals surface area contributed by atoms with Gasteiger partial charge in [-0.1, -0.05) is 30.0 Å². The highest BCUT2D eigenvalue weighted by atomic mass is 32.2. The lowest BCUT2D eigenvalue weighted by atomic mass is 10.1. The molecule has 7 heteroatoms. The van der Waals surface area contributed by atoms with Gasteiger partial charge < -0.3 is 5.32 Å². The maximum atomic E-state index is 12.4. The third-order valence-electron chi connectivity index (χ3n) is 4.09. The van der Waals surface area contributed by atoms with E-state index >= 15 is 0 Å². The van der Waals surface area contributed by atoms with E-state index in [1.165, 1.54) is 17.3 Å². The first-order valence-electron chi connectivity index (χ1n) is 8.54. The third-order valence-corrected chi connectivity index (χ3v) is 5.74. The number of nitrogens with one attached hydrogen (secondary N) is 1. The summed E-state index contributed by atoms with van der Waals surface area (Å²) in [7, 11) is 0. The van der Waals surface area contributed by atoms with Crippen LogP contribution >= 0.6 is 23.5 Å². The number of aromatic nitrogens is 3. The van der Waals surface area contributed by atoms with Crippen LogP contribution in [0.5, 0.6) is 0 Å². The molecule has 0 spiro atoms. The van der Waals surface area contributed by atoms with Gasteiger partial charge in [-0.2, -0.15) is 0 Å². The van der Waals surface area contributed by atoms with Crippen LogP contribution in [0, 0.1) is 20.8 Å².